The van der Waals surface area contributed by atoms with Crippen LogP contribution < -0.4 is 5.73 Å². The third kappa shape index (κ3) is 0.786. The van der Waals surface area contributed by atoms with Crippen LogP contribution in [0.15, 0.2) is 0 Å². The van der Waals surface area contributed by atoms with Crippen molar-refractivity contribution in [1.82, 2.24) is 0 Å². The minimum Gasteiger partial charge on any atom is -0.327 e. The van der Waals surface area contributed by atoms with Crippen molar-refractivity contribution >= 4 is 11.6 Å². The van der Waals surface area contributed by atoms with Gasteiger partial charge in [-0.2, -0.15) is 0 Å². The van der Waals surface area contributed by atoms with E-state index in [1.165, 1.54) is 19.3 Å². The Kier molecular flexibility index (Phi) is 1.24. The first-order valence-corrected chi connectivity index (χ1v) is 4.10. The highest BCUT2D eigenvalue weighted by Gasteiger charge is 2.43. The van der Waals surface area contributed by atoms with Gasteiger partial charge < -0.3 is 5.73 Å². The van der Waals surface area contributed by atoms with Crippen molar-refractivity contribution in [3.8, 4) is 0 Å². The number of halogens is 1. The van der Waals surface area contributed by atoms with Crippen LogP contribution in [0.25, 0.3) is 0 Å². The number of nitrogens with two attached hydrogens (primary N) is 1. The Hall–Kier alpha value is 0.250. The largest absolute Gasteiger partial charge is 0.327 e. The van der Waals surface area contributed by atoms with Crippen molar-refractivity contribution < 1.29 is 0 Å². The molecule has 0 amide bonds. The second-order valence-corrected chi connectivity index (χ2v) is 3.97. The first kappa shape index (κ1) is 5.99. The Morgan fingerprint density at radius 3 is 2.22 bits per heavy atom. The maximum Gasteiger partial charge on any atom is 0.0368 e. The van der Waals surface area contributed by atoms with Gasteiger partial charge in [0.25, 0.3) is 0 Å². The molecule has 0 spiro atoms. The first-order chi connectivity index (χ1) is 4.27. The molecular weight excluding hydrogens is 134 g/mol. The van der Waals surface area contributed by atoms with Crippen molar-refractivity contribution in [1.29, 1.82) is 0 Å². The molecule has 0 saturated heterocycles. The number of alkyl halides is 1. The van der Waals surface area contributed by atoms with Crippen LogP contribution in [0.5, 0.6) is 0 Å². The number of rotatable bonds is 0. The standard InChI is InChI=1S/C7H12ClN/c8-6-2-5-1-4(6)3-7(5)9/h4-7H,1-3,9H2. The monoisotopic (exact) mass is 145 g/mol. The van der Waals surface area contributed by atoms with Gasteiger partial charge in [-0.25, -0.2) is 0 Å². The van der Waals surface area contributed by atoms with Gasteiger partial charge in [-0.1, -0.05) is 0 Å². The van der Waals surface area contributed by atoms with Crippen LogP contribution in [-0.4, -0.2) is 11.4 Å². The van der Waals surface area contributed by atoms with Gasteiger partial charge in [-0.3, -0.25) is 0 Å². The highest BCUT2D eigenvalue weighted by molar-refractivity contribution is 6.21. The van der Waals surface area contributed by atoms with Crippen LogP contribution in [0, 0.1) is 11.8 Å². The van der Waals surface area contributed by atoms with Crippen LogP contribution in [-0.2, 0) is 0 Å². The van der Waals surface area contributed by atoms with Gasteiger partial charge in [0.05, 0.1) is 0 Å². The lowest BCUT2D eigenvalue weighted by Gasteiger charge is -2.20. The van der Waals surface area contributed by atoms with E-state index in [-0.39, 0.29) is 0 Å². The predicted octanol–water partition coefficient (Wildman–Crippen LogP) is 1.35. The van der Waals surface area contributed by atoms with Crippen LogP contribution in [0.4, 0.5) is 0 Å². The highest BCUT2D eigenvalue weighted by atomic mass is 35.5. The smallest absolute Gasteiger partial charge is 0.0368 e. The lowest BCUT2D eigenvalue weighted by molar-refractivity contribution is 0.423. The van der Waals surface area contributed by atoms with E-state index in [2.05, 4.69) is 0 Å². The summed E-state index contributed by atoms with van der Waals surface area (Å²) in [6.45, 7) is 0. The van der Waals surface area contributed by atoms with E-state index < -0.39 is 0 Å². The highest BCUT2D eigenvalue weighted by Crippen LogP contribution is 2.46. The van der Waals surface area contributed by atoms with Crippen LogP contribution in [0.3, 0.4) is 0 Å². The SMILES string of the molecule is NC1CC2CC1CC2Cl. The van der Waals surface area contributed by atoms with Crippen molar-refractivity contribution in [2.24, 2.45) is 17.6 Å². The maximum atomic E-state index is 6.02. The van der Waals surface area contributed by atoms with Crippen LogP contribution >= 0.6 is 11.6 Å². The van der Waals surface area contributed by atoms with Gasteiger partial charge in [0.2, 0.25) is 0 Å². The molecule has 4 unspecified atom stereocenters. The van der Waals surface area contributed by atoms with Gasteiger partial charge in [-0.15, -0.1) is 11.6 Å². The average Bonchev–Trinajstić information content (AvgIpc) is 2.24. The number of fused-ring (bicyclic) bond motifs is 2. The molecule has 2 heteroatoms. The summed E-state index contributed by atoms with van der Waals surface area (Å²) >= 11 is 6.02. The molecule has 2 aliphatic carbocycles. The quantitative estimate of drug-likeness (QED) is 0.512. The Morgan fingerprint density at radius 1 is 1.11 bits per heavy atom. The molecule has 2 fully saturated rings. The molecule has 2 rings (SSSR count). The zero-order valence-corrected chi connectivity index (χ0v) is 6.14. The zero-order chi connectivity index (χ0) is 6.43. The zero-order valence-electron chi connectivity index (χ0n) is 5.39. The molecular formula is C7H12ClN. The van der Waals surface area contributed by atoms with E-state index in [9.17, 15) is 0 Å². The van der Waals surface area contributed by atoms with E-state index in [0.29, 0.717) is 11.4 Å². The van der Waals surface area contributed by atoms with Crippen molar-refractivity contribution in [2.45, 2.75) is 30.7 Å². The molecule has 0 aliphatic heterocycles. The summed E-state index contributed by atoms with van der Waals surface area (Å²) in [4.78, 5) is 0. The molecule has 0 aromatic heterocycles. The second-order valence-electron chi connectivity index (χ2n) is 3.41. The maximum absolute atomic E-state index is 6.02. The predicted molar refractivity (Wildman–Crippen MR) is 38.4 cm³/mol. The second kappa shape index (κ2) is 1.86. The molecule has 0 aromatic rings. The van der Waals surface area contributed by atoms with Gasteiger partial charge in [-0.05, 0) is 31.1 Å². The molecule has 4 atom stereocenters. The van der Waals surface area contributed by atoms with E-state index in [0.717, 1.165) is 11.8 Å². The average molecular weight is 146 g/mol. The fourth-order valence-electron chi connectivity index (χ4n) is 2.25. The Balaban J connectivity index is 2.10. The third-order valence-electron chi connectivity index (χ3n) is 2.83. The van der Waals surface area contributed by atoms with Gasteiger partial charge in [0.15, 0.2) is 0 Å². The summed E-state index contributed by atoms with van der Waals surface area (Å²) < 4.78 is 0. The summed E-state index contributed by atoms with van der Waals surface area (Å²) in [5.74, 6) is 1.52. The first-order valence-electron chi connectivity index (χ1n) is 3.67. The number of hydrogen-bond donors (Lipinski definition) is 1. The number of hydrogen-bond acceptors (Lipinski definition) is 1. The fourth-order valence-corrected chi connectivity index (χ4v) is 2.68. The molecule has 2 N–H and O–H groups in total. The molecule has 0 heterocycles. The van der Waals surface area contributed by atoms with Crippen molar-refractivity contribution in [3.63, 3.8) is 0 Å². The summed E-state index contributed by atoms with van der Waals surface area (Å²) in [5.41, 5.74) is 5.82. The molecule has 52 valence electrons. The minimum atomic E-state index is 0.454. The lowest BCUT2D eigenvalue weighted by atomic mass is 9.96. The van der Waals surface area contributed by atoms with E-state index in [4.69, 9.17) is 17.3 Å². The Bertz CT molecular complexity index is 108. The Labute approximate surface area is 60.6 Å². The lowest BCUT2D eigenvalue weighted by Crippen LogP contribution is -2.29. The molecule has 0 aromatic carbocycles. The molecule has 2 aliphatic rings. The summed E-state index contributed by atoms with van der Waals surface area (Å²) in [5, 5.41) is 0.454. The van der Waals surface area contributed by atoms with Crippen molar-refractivity contribution in [2.75, 3.05) is 0 Å². The molecule has 2 bridgehead atoms. The fraction of sp³-hybridized carbons (Fsp3) is 1.00. The van der Waals surface area contributed by atoms with Gasteiger partial charge >= 0.3 is 0 Å². The van der Waals surface area contributed by atoms with Gasteiger partial charge in [0.1, 0.15) is 0 Å². The minimum absolute atomic E-state index is 0.454. The van der Waals surface area contributed by atoms with E-state index >= 15 is 0 Å². The third-order valence-corrected chi connectivity index (χ3v) is 3.36. The molecule has 2 saturated carbocycles. The Morgan fingerprint density at radius 2 is 1.89 bits per heavy atom. The topological polar surface area (TPSA) is 26.0 Å². The molecule has 0 radical (unpaired) electrons. The van der Waals surface area contributed by atoms with Crippen LogP contribution in [0.1, 0.15) is 19.3 Å². The van der Waals surface area contributed by atoms with Crippen LogP contribution in [0.2, 0.25) is 0 Å². The molecule has 9 heavy (non-hydrogen) atoms. The van der Waals surface area contributed by atoms with E-state index in [1.807, 2.05) is 0 Å². The van der Waals surface area contributed by atoms with Crippen molar-refractivity contribution in [3.05, 3.63) is 0 Å². The van der Waals surface area contributed by atoms with E-state index in [1.54, 1.807) is 0 Å². The normalized spacial score (nSPS) is 56.7. The summed E-state index contributed by atoms with van der Waals surface area (Å²) in [6, 6.07) is 0.477. The molecule has 1 nitrogen and oxygen atoms in total. The summed E-state index contributed by atoms with van der Waals surface area (Å²) in [7, 11) is 0. The summed E-state index contributed by atoms with van der Waals surface area (Å²) in [6.07, 6.45) is 3.65. The van der Waals surface area contributed by atoms with Gasteiger partial charge in [0, 0.05) is 11.4 Å².